The summed E-state index contributed by atoms with van der Waals surface area (Å²) in [5.74, 6) is 0.575. The van der Waals surface area contributed by atoms with Gasteiger partial charge in [-0.3, -0.25) is 10.1 Å². The first-order chi connectivity index (χ1) is 8.41. The molecule has 2 aromatic rings. The maximum Gasteiger partial charge on any atom is 0.294 e. The van der Waals surface area contributed by atoms with Gasteiger partial charge in [-0.15, -0.1) is 0 Å². The number of aryl methyl sites for hydroxylation is 2. The van der Waals surface area contributed by atoms with Gasteiger partial charge in [0.1, 0.15) is 11.4 Å². The quantitative estimate of drug-likeness (QED) is 0.476. The van der Waals surface area contributed by atoms with E-state index < -0.39 is 4.92 Å². The Morgan fingerprint density at radius 3 is 2.50 bits per heavy atom. The molecule has 4 N–H and O–H groups in total. The summed E-state index contributed by atoms with van der Waals surface area (Å²) in [5.41, 5.74) is 13.1. The van der Waals surface area contributed by atoms with E-state index in [2.05, 4.69) is 5.16 Å². The minimum atomic E-state index is -0.562. The highest BCUT2D eigenvalue weighted by molar-refractivity contribution is 5.83. The second-order valence-corrected chi connectivity index (χ2v) is 3.95. The largest absolute Gasteiger partial charge is 0.397 e. The molecule has 0 bridgehead atoms. The Morgan fingerprint density at radius 2 is 2.00 bits per heavy atom. The molecule has 1 aromatic carbocycles. The summed E-state index contributed by atoms with van der Waals surface area (Å²) in [6.07, 6.45) is 0. The van der Waals surface area contributed by atoms with Crippen molar-refractivity contribution in [3.05, 3.63) is 33.7 Å². The van der Waals surface area contributed by atoms with E-state index in [0.717, 1.165) is 0 Å². The molecular formula is C11H12N4O3. The average Bonchev–Trinajstić information content (AvgIpc) is 2.62. The molecule has 0 aliphatic rings. The number of nitro groups is 1. The van der Waals surface area contributed by atoms with Crippen LogP contribution in [0.1, 0.15) is 11.5 Å². The number of hydrogen-bond donors (Lipinski definition) is 2. The molecule has 0 fully saturated rings. The van der Waals surface area contributed by atoms with Gasteiger partial charge in [0.05, 0.1) is 16.3 Å². The van der Waals surface area contributed by atoms with Crippen LogP contribution in [-0.2, 0) is 0 Å². The van der Waals surface area contributed by atoms with E-state index in [4.69, 9.17) is 16.0 Å². The number of benzene rings is 1. The molecule has 0 aliphatic heterocycles. The fraction of sp³-hybridized carbons (Fsp3) is 0.182. The Hall–Kier alpha value is -2.57. The van der Waals surface area contributed by atoms with Gasteiger partial charge < -0.3 is 16.0 Å². The van der Waals surface area contributed by atoms with E-state index in [1.165, 1.54) is 6.07 Å². The lowest BCUT2D eigenvalue weighted by molar-refractivity contribution is -0.383. The molecule has 0 unspecified atom stereocenters. The zero-order valence-electron chi connectivity index (χ0n) is 9.93. The highest BCUT2D eigenvalue weighted by atomic mass is 16.6. The van der Waals surface area contributed by atoms with Crippen LogP contribution in [-0.4, -0.2) is 10.1 Å². The zero-order valence-corrected chi connectivity index (χ0v) is 9.93. The number of nitrogen functional groups attached to an aromatic ring is 2. The third-order valence-electron chi connectivity index (χ3n) is 2.71. The van der Waals surface area contributed by atoms with E-state index in [-0.39, 0.29) is 17.1 Å². The summed E-state index contributed by atoms with van der Waals surface area (Å²) >= 11 is 0. The first kappa shape index (κ1) is 11.9. The molecule has 0 saturated carbocycles. The molecule has 0 radical (unpaired) electrons. The molecule has 0 amide bonds. The van der Waals surface area contributed by atoms with Gasteiger partial charge in [-0.1, -0.05) is 5.16 Å². The van der Waals surface area contributed by atoms with Crippen LogP contribution in [0.3, 0.4) is 0 Å². The summed E-state index contributed by atoms with van der Waals surface area (Å²) in [6.45, 7) is 3.48. The van der Waals surface area contributed by atoms with Crippen molar-refractivity contribution in [3.8, 4) is 11.1 Å². The molecule has 1 heterocycles. The van der Waals surface area contributed by atoms with E-state index >= 15 is 0 Å². The Balaban J connectivity index is 2.71. The second kappa shape index (κ2) is 4.02. The maximum absolute atomic E-state index is 10.9. The van der Waals surface area contributed by atoms with Gasteiger partial charge in [0.2, 0.25) is 0 Å². The number of aromatic nitrogens is 1. The second-order valence-electron chi connectivity index (χ2n) is 3.95. The summed E-state index contributed by atoms with van der Waals surface area (Å²) in [6, 6.07) is 2.95. The van der Waals surface area contributed by atoms with Crippen LogP contribution in [0.4, 0.5) is 17.1 Å². The average molecular weight is 248 g/mol. The van der Waals surface area contributed by atoms with E-state index in [1.54, 1.807) is 19.9 Å². The third kappa shape index (κ3) is 1.75. The van der Waals surface area contributed by atoms with Gasteiger partial charge in [-0.2, -0.15) is 0 Å². The summed E-state index contributed by atoms with van der Waals surface area (Å²) in [4.78, 5) is 10.3. The molecule has 7 heteroatoms. The Labute approximate surface area is 103 Å². The van der Waals surface area contributed by atoms with Gasteiger partial charge in [0.15, 0.2) is 0 Å². The third-order valence-corrected chi connectivity index (χ3v) is 2.71. The molecule has 0 atom stereocenters. The van der Waals surface area contributed by atoms with Crippen LogP contribution in [0, 0.1) is 24.0 Å². The molecule has 0 spiro atoms. The van der Waals surface area contributed by atoms with Gasteiger partial charge in [0.25, 0.3) is 5.69 Å². The fourth-order valence-electron chi connectivity index (χ4n) is 1.85. The summed E-state index contributed by atoms with van der Waals surface area (Å²) in [5, 5.41) is 14.7. The lowest BCUT2D eigenvalue weighted by Gasteiger charge is -2.06. The SMILES string of the molecule is Cc1noc(C)c1-c1cc(N)c(N)c([N+](=O)[O-])c1. The molecule has 2 rings (SSSR count). The minimum Gasteiger partial charge on any atom is -0.397 e. The fourth-order valence-corrected chi connectivity index (χ4v) is 1.85. The standard InChI is InChI=1S/C11H12N4O3/c1-5-10(6(2)18-14-5)7-3-8(12)11(13)9(4-7)15(16)17/h3-4H,12-13H2,1-2H3. The van der Waals surface area contributed by atoms with Gasteiger partial charge in [0, 0.05) is 11.6 Å². The first-order valence-electron chi connectivity index (χ1n) is 5.18. The Kier molecular flexibility index (Phi) is 2.66. The summed E-state index contributed by atoms with van der Waals surface area (Å²) < 4.78 is 5.03. The Morgan fingerprint density at radius 1 is 1.33 bits per heavy atom. The predicted molar refractivity (Wildman–Crippen MR) is 66.9 cm³/mol. The maximum atomic E-state index is 10.9. The van der Waals surface area contributed by atoms with Crippen LogP contribution < -0.4 is 11.5 Å². The number of rotatable bonds is 2. The number of nitrogens with two attached hydrogens (primary N) is 2. The molecular weight excluding hydrogens is 236 g/mol. The number of hydrogen-bond acceptors (Lipinski definition) is 6. The van der Waals surface area contributed by atoms with Crippen molar-refractivity contribution in [1.29, 1.82) is 0 Å². The highest BCUT2D eigenvalue weighted by Crippen LogP contribution is 2.36. The highest BCUT2D eigenvalue weighted by Gasteiger charge is 2.19. The smallest absolute Gasteiger partial charge is 0.294 e. The van der Waals surface area contributed by atoms with Gasteiger partial charge in [-0.25, -0.2) is 0 Å². The zero-order chi connectivity index (χ0) is 13.4. The summed E-state index contributed by atoms with van der Waals surface area (Å²) in [7, 11) is 0. The molecule has 18 heavy (non-hydrogen) atoms. The van der Waals surface area contributed by atoms with Crippen molar-refractivity contribution in [1.82, 2.24) is 5.16 Å². The van der Waals surface area contributed by atoms with Crippen molar-refractivity contribution in [3.63, 3.8) is 0 Å². The predicted octanol–water partition coefficient (Wildman–Crippen LogP) is 2.03. The normalized spacial score (nSPS) is 10.6. The van der Waals surface area contributed by atoms with Crippen molar-refractivity contribution in [2.24, 2.45) is 0 Å². The molecule has 94 valence electrons. The van der Waals surface area contributed by atoms with Crippen LogP contribution >= 0.6 is 0 Å². The number of anilines is 2. The van der Waals surface area contributed by atoms with E-state index in [1.807, 2.05) is 0 Å². The molecule has 0 aliphatic carbocycles. The minimum absolute atomic E-state index is 0.0319. The van der Waals surface area contributed by atoms with Crippen molar-refractivity contribution < 1.29 is 9.45 Å². The topological polar surface area (TPSA) is 121 Å². The van der Waals surface area contributed by atoms with E-state index in [9.17, 15) is 10.1 Å². The lowest BCUT2D eigenvalue weighted by atomic mass is 10.0. The van der Waals surface area contributed by atoms with Crippen molar-refractivity contribution >= 4 is 17.1 Å². The monoisotopic (exact) mass is 248 g/mol. The lowest BCUT2D eigenvalue weighted by Crippen LogP contribution is -2.01. The van der Waals surface area contributed by atoms with Gasteiger partial charge >= 0.3 is 0 Å². The van der Waals surface area contributed by atoms with Crippen molar-refractivity contribution in [2.75, 3.05) is 11.5 Å². The van der Waals surface area contributed by atoms with Crippen LogP contribution in [0.2, 0.25) is 0 Å². The van der Waals surface area contributed by atoms with Crippen molar-refractivity contribution in [2.45, 2.75) is 13.8 Å². The Bertz CT molecular complexity index is 614. The van der Waals surface area contributed by atoms with Gasteiger partial charge in [-0.05, 0) is 25.5 Å². The van der Waals surface area contributed by atoms with E-state index in [0.29, 0.717) is 22.6 Å². The number of nitro benzene ring substituents is 1. The molecule has 0 saturated heterocycles. The first-order valence-corrected chi connectivity index (χ1v) is 5.18. The van der Waals surface area contributed by atoms with Crippen LogP contribution in [0.25, 0.3) is 11.1 Å². The van der Waals surface area contributed by atoms with Crippen LogP contribution in [0.15, 0.2) is 16.7 Å². The number of nitrogens with zero attached hydrogens (tertiary/aromatic N) is 2. The van der Waals surface area contributed by atoms with Crippen LogP contribution in [0.5, 0.6) is 0 Å². The molecule has 1 aromatic heterocycles. The molecule has 7 nitrogen and oxygen atoms in total.